The van der Waals surface area contributed by atoms with Gasteiger partial charge in [0.2, 0.25) is 0 Å². The minimum atomic E-state index is 0.0153. The van der Waals surface area contributed by atoms with Crippen LogP contribution in [0.3, 0.4) is 0 Å². The second kappa shape index (κ2) is 4.18. The minimum Gasteiger partial charge on any atom is -0.431 e. The lowest BCUT2D eigenvalue weighted by Gasteiger charge is -2.29. The van der Waals surface area contributed by atoms with Gasteiger partial charge in [0.05, 0.1) is 12.7 Å². The van der Waals surface area contributed by atoms with Crippen molar-refractivity contribution in [2.45, 2.75) is 25.1 Å². The molecule has 0 aromatic heterocycles. The van der Waals surface area contributed by atoms with Crippen molar-refractivity contribution in [1.82, 2.24) is 0 Å². The van der Waals surface area contributed by atoms with Crippen LogP contribution in [-0.2, 0) is 16.0 Å². The molecule has 1 N–H and O–H groups in total. The SMILES string of the molecule is N=C/C=C\C1=C2C[B]OC2C2OCc3cccc1c32. The van der Waals surface area contributed by atoms with Gasteiger partial charge in [-0.2, -0.15) is 0 Å². The highest BCUT2D eigenvalue weighted by atomic mass is 16.5. The van der Waals surface area contributed by atoms with E-state index in [1.165, 1.54) is 34.1 Å². The van der Waals surface area contributed by atoms with Gasteiger partial charge in [0, 0.05) is 6.21 Å². The molecule has 2 aliphatic heterocycles. The third-order valence-electron chi connectivity index (χ3n) is 4.06. The molecule has 1 aromatic carbocycles. The first-order chi connectivity index (χ1) is 9.40. The molecule has 2 atom stereocenters. The summed E-state index contributed by atoms with van der Waals surface area (Å²) in [5.74, 6) is 0. The molecule has 1 radical (unpaired) electrons. The van der Waals surface area contributed by atoms with Crippen molar-refractivity contribution in [1.29, 1.82) is 5.41 Å². The molecular weight excluding hydrogens is 237 g/mol. The Morgan fingerprint density at radius 3 is 3.16 bits per heavy atom. The quantitative estimate of drug-likeness (QED) is 0.647. The number of benzene rings is 1. The Morgan fingerprint density at radius 2 is 2.26 bits per heavy atom. The monoisotopic (exact) mass is 250 g/mol. The number of ether oxygens (including phenoxy) is 1. The van der Waals surface area contributed by atoms with Crippen LogP contribution in [0.25, 0.3) is 5.57 Å². The Kier molecular flexibility index (Phi) is 2.47. The molecule has 19 heavy (non-hydrogen) atoms. The van der Waals surface area contributed by atoms with Crippen LogP contribution in [0.5, 0.6) is 0 Å². The summed E-state index contributed by atoms with van der Waals surface area (Å²) >= 11 is 0. The maximum Gasteiger partial charge on any atom is 0.297 e. The summed E-state index contributed by atoms with van der Waals surface area (Å²) in [5, 5.41) is 7.19. The summed E-state index contributed by atoms with van der Waals surface area (Å²) in [5.41, 5.74) is 6.24. The Bertz CT molecular complexity index is 621. The van der Waals surface area contributed by atoms with Gasteiger partial charge in [-0.05, 0) is 40.2 Å². The van der Waals surface area contributed by atoms with Crippen LogP contribution < -0.4 is 0 Å². The second-order valence-electron chi connectivity index (χ2n) is 5.00. The van der Waals surface area contributed by atoms with E-state index in [1.54, 1.807) is 6.08 Å². The molecule has 3 nitrogen and oxygen atoms in total. The van der Waals surface area contributed by atoms with Gasteiger partial charge in [-0.25, -0.2) is 0 Å². The van der Waals surface area contributed by atoms with Crippen molar-refractivity contribution in [3.05, 3.63) is 52.6 Å². The number of hydrogen-bond acceptors (Lipinski definition) is 3. The summed E-state index contributed by atoms with van der Waals surface area (Å²) in [6.07, 6.45) is 5.99. The van der Waals surface area contributed by atoms with Crippen molar-refractivity contribution in [2.75, 3.05) is 0 Å². The average molecular weight is 250 g/mol. The lowest BCUT2D eigenvalue weighted by molar-refractivity contribution is 0.00279. The van der Waals surface area contributed by atoms with Gasteiger partial charge >= 0.3 is 0 Å². The molecule has 1 aliphatic carbocycles. The van der Waals surface area contributed by atoms with Crippen LogP contribution in [-0.4, -0.2) is 19.8 Å². The maximum absolute atomic E-state index is 7.19. The van der Waals surface area contributed by atoms with Gasteiger partial charge in [0.25, 0.3) is 7.48 Å². The lowest BCUT2D eigenvalue weighted by atomic mass is 9.78. The molecule has 0 bridgehead atoms. The first kappa shape index (κ1) is 11.2. The van der Waals surface area contributed by atoms with Crippen LogP contribution in [0, 0.1) is 5.41 Å². The fraction of sp³-hybridized carbons (Fsp3) is 0.267. The normalized spacial score (nSPS) is 27.4. The summed E-state index contributed by atoms with van der Waals surface area (Å²) < 4.78 is 11.7. The van der Waals surface area contributed by atoms with E-state index in [0.717, 1.165) is 6.32 Å². The smallest absolute Gasteiger partial charge is 0.297 e. The fourth-order valence-corrected chi connectivity index (χ4v) is 3.28. The fourth-order valence-electron chi connectivity index (χ4n) is 3.28. The van der Waals surface area contributed by atoms with Crippen molar-refractivity contribution >= 4 is 19.3 Å². The van der Waals surface area contributed by atoms with E-state index in [-0.39, 0.29) is 12.2 Å². The van der Waals surface area contributed by atoms with E-state index in [9.17, 15) is 0 Å². The minimum absolute atomic E-state index is 0.0153. The van der Waals surface area contributed by atoms with Gasteiger partial charge in [-0.1, -0.05) is 24.3 Å². The van der Waals surface area contributed by atoms with Gasteiger partial charge < -0.3 is 14.8 Å². The summed E-state index contributed by atoms with van der Waals surface area (Å²) in [6.45, 7) is 0.669. The first-order valence-corrected chi connectivity index (χ1v) is 6.51. The highest BCUT2D eigenvalue weighted by molar-refractivity contribution is 6.30. The van der Waals surface area contributed by atoms with Crippen molar-refractivity contribution in [2.24, 2.45) is 0 Å². The topological polar surface area (TPSA) is 42.3 Å². The zero-order chi connectivity index (χ0) is 12.8. The molecule has 1 saturated heterocycles. The summed E-state index contributed by atoms with van der Waals surface area (Å²) in [7, 11) is 1.87. The van der Waals surface area contributed by atoms with Gasteiger partial charge in [-0.15, -0.1) is 0 Å². The van der Waals surface area contributed by atoms with E-state index in [1.807, 2.05) is 13.6 Å². The van der Waals surface area contributed by atoms with Gasteiger partial charge in [-0.3, -0.25) is 0 Å². The molecule has 3 aliphatic rings. The molecule has 0 amide bonds. The zero-order valence-corrected chi connectivity index (χ0v) is 10.4. The van der Waals surface area contributed by atoms with Crippen molar-refractivity contribution in [3.8, 4) is 0 Å². The molecule has 1 fully saturated rings. The number of rotatable bonds is 2. The highest BCUT2D eigenvalue weighted by Gasteiger charge is 2.42. The Balaban J connectivity index is 1.97. The van der Waals surface area contributed by atoms with E-state index in [2.05, 4.69) is 18.2 Å². The maximum atomic E-state index is 7.19. The first-order valence-electron chi connectivity index (χ1n) is 6.51. The van der Waals surface area contributed by atoms with E-state index < -0.39 is 0 Å². The Hall–Kier alpha value is -1.65. The molecule has 4 heteroatoms. The van der Waals surface area contributed by atoms with Gasteiger partial charge in [0.15, 0.2) is 0 Å². The van der Waals surface area contributed by atoms with Crippen LogP contribution in [0.1, 0.15) is 22.8 Å². The standard InChI is InChI=1S/C15H13BNO2/c17-6-2-5-10-11-4-1-3-9-8-18-15(13(9)11)14-12(10)7-16-19-14/h1-6,14-15,17H,7-8H2/b5-2-,17-6?. The number of fused-ring (bicyclic) bond motifs is 2. The highest BCUT2D eigenvalue weighted by Crippen LogP contribution is 2.49. The number of hydrogen-bond donors (Lipinski definition) is 1. The van der Waals surface area contributed by atoms with Crippen LogP contribution in [0.4, 0.5) is 0 Å². The molecule has 93 valence electrons. The predicted molar refractivity (Wildman–Crippen MR) is 74.2 cm³/mol. The molecule has 1 aromatic rings. The third-order valence-corrected chi connectivity index (χ3v) is 4.06. The molecule has 0 saturated carbocycles. The van der Waals surface area contributed by atoms with E-state index in [4.69, 9.17) is 14.8 Å². The van der Waals surface area contributed by atoms with Crippen LogP contribution in [0.15, 0.2) is 35.9 Å². The molecule has 2 unspecified atom stereocenters. The third kappa shape index (κ3) is 1.50. The Morgan fingerprint density at radius 1 is 1.32 bits per heavy atom. The zero-order valence-electron chi connectivity index (χ0n) is 10.4. The summed E-state index contributed by atoms with van der Waals surface area (Å²) in [4.78, 5) is 0. The number of nitrogens with one attached hydrogen (secondary N) is 1. The second-order valence-corrected chi connectivity index (χ2v) is 5.00. The van der Waals surface area contributed by atoms with Crippen LogP contribution in [0.2, 0.25) is 6.32 Å². The van der Waals surface area contributed by atoms with E-state index >= 15 is 0 Å². The van der Waals surface area contributed by atoms with E-state index in [0.29, 0.717) is 6.61 Å². The molecule has 2 heterocycles. The lowest BCUT2D eigenvalue weighted by Crippen LogP contribution is -2.24. The largest absolute Gasteiger partial charge is 0.431 e. The van der Waals surface area contributed by atoms with Crippen molar-refractivity contribution in [3.63, 3.8) is 0 Å². The average Bonchev–Trinajstić information content (AvgIpc) is 3.05. The summed E-state index contributed by atoms with van der Waals surface area (Å²) in [6, 6.07) is 6.35. The van der Waals surface area contributed by atoms with Gasteiger partial charge in [0.1, 0.15) is 6.10 Å². The molecule has 0 spiro atoms. The molecule has 4 rings (SSSR count). The van der Waals surface area contributed by atoms with Crippen LogP contribution >= 0.6 is 0 Å². The van der Waals surface area contributed by atoms with Crippen molar-refractivity contribution < 1.29 is 9.39 Å². The Labute approximate surface area is 112 Å². The predicted octanol–water partition coefficient (Wildman–Crippen LogP) is 2.67. The molecular formula is C15H13BNO2. The number of allylic oxidation sites excluding steroid dienone is 3.